The van der Waals surface area contributed by atoms with E-state index in [4.69, 9.17) is 4.74 Å². The maximum Gasteiger partial charge on any atom is 0.401 e. The molecule has 0 aromatic heterocycles. The first-order chi connectivity index (χ1) is 9.42. The molecule has 0 amide bonds. The van der Waals surface area contributed by atoms with Crippen LogP contribution in [0.25, 0.3) is 0 Å². The molecule has 0 radical (unpaired) electrons. The van der Waals surface area contributed by atoms with Gasteiger partial charge in [-0.2, -0.15) is 13.2 Å². The predicted molar refractivity (Wildman–Crippen MR) is 74.9 cm³/mol. The highest BCUT2D eigenvalue weighted by molar-refractivity contribution is 9.10. The van der Waals surface area contributed by atoms with E-state index in [1.165, 1.54) is 4.90 Å². The molecule has 0 unspecified atom stereocenters. The largest absolute Gasteiger partial charge is 0.493 e. The average Bonchev–Trinajstić information content (AvgIpc) is 2.36. The summed E-state index contributed by atoms with van der Waals surface area (Å²) < 4.78 is 43.8. The molecule has 1 aromatic carbocycles. The number of rotatable bonds is 4. The highest BCUT2D eigenvalue weighted by Crippen LogP contribution is 2.23. The van der Waals surface area contributed by atoms with Crippen LogP contribution < -0.4 is 4.74 Å². The lowest BCUT2D eigenvalue weighted by molar-refractivity contribution is -0.149. The van der Waals surface area contributed by atoms with Gasteiger partial charge in [0.2, 0.25) is 0 Å². The lowest BCUT2D eigenvalue weighted by Crippen LogP contribution is -2.42. The molecule has 0 saturated carbocycles. The predicted octanol–water partition coefficient (Wildman–Crippen LogP) is 4.10. The van der Waals surface area contributed by atoms with E-state index < -0.39 is 12.7 Å². The summed E-state index contributed by atoms with van der Waals surface area (Å²) in [6.45, 7) is 0.627. The number of benzene rings is 1. The normalized spacial score (nSPS) is 20.9. The molecule has 0 aliphatic carbocycles. The highest BCUT2D eigenvalue weighted by atomic mass is 79.9. The smallest absolute Gasteiger partial charge is 0.401 e. The first-order valence-electron chi connectivity index (χ1n) is 6.60. The summed E-state index contributed by atoms with van der Waals surface area (Å²) in [4.78, 5) is 1.47. The summed E-state index contributed by atoms with van der Waals surface area (Å²) in [7, 11) is 0. The molecular weight excluding hydrogens is 335 g/mol. The number of alkyl halides is 3. The van der Waals surface area contributed by atoms with E-state index in [9.17, 15) is 13.2 Å². The van der Waals surface area contributed by atoms with Crippen molar-refractivity contribution in [3.8, 4) is 5.75 Å². The van der Waals surface area contributed by atoms with Crippen molar-refractivity contribution in [3.05, 3.63) is 28.7 Å². The lowest BCUT2D eigenvalue weighted by atomic mass is 9.99. The van der Waals surface area contributed by atoms with Crippen molar-refractivity contribution >= 4 is 15.9 Å². The van der Waals surface area contributed by atoms with Crippen molar-refractivity contribution in [2.45, 2.75) is 19.0 Å². The van der Waals surface area contributed by atoms with Gasteiger partial charge in [-0.3, -0.25) is 4.90 Å². The molecule has 2 rings (SSSR count). The van der Waals surface area contributed by atoms with Gasteiger partial charge < -0.3 is 4.74 Å². The van der Waals surface area contributed by atoms with Gasteiger partial charge in [0.1, 0.15) is 5.75 Å². The number of piperidine rings is 1. The Bertz CT molecular complexity index is 421. The summed E-state index contributed by atoms with van der Waals surface area (Å²) in [5, 5.41) is 0. The zero-order chi connectivity index (χ0) is 14.6. The van der Waals surface area contributed by atoms with Gasteiger partial charge in [-0.1, -0.05) is 15.9 Å². The Balaban J connectivity index is 1.79. The lowest BCUT2D eigenvalue weighted by Gasteiger charge is -2.32. The van der Waals surface area contributed by atoms with E-state index in [2.05, 4.69) is 15.9 Å². The summed E-state index contributed by atoms with van der Waals surface area (Å²) in [6.07, 6.45) is -2.40. The van der Waals surface area contributed by atoms with E-state index in [0.29, 0.717) is 19.7 Å². The van der Waals surface area contributed by atoms with Crippen molar-refractivity contribution in [1.29, 1.82) is 0 Å². The quantitative estimate of drug-likeness (QED) is 0.809. The average molecular weight is 352 g/mol. The van der Waals surface area contributed by atoms with Crippen LogP contribution in [-0.4, -0.2) is 37.3 Å². The Morgan fingerprint density at radius 1 is 1.25 bits per heavy atom. The molecule has 1 fully saturated rings. The Labute approximate surface area is 125 Å². The van der Waals surface area contributed by atoms with Crippen LogP contribution in [0.15, 0.2) is 28.7 Å². The van der Waals surface area contributed by atoms with Crippen molar-refractivity contribution in [3.63, 3.8) is 0 Å². The van der Waals surface area contributed by atoms with Gasteiger partial charge in [0, 0.05) is 16.9 Å². The third-order valence-corrected chi connectivity index (χ3v) is 3.83. The molecule has 6 heteroatoms. The summed E-state index contributed by atoms with van der Waals surface area (Å²) in [5.74, 6) is 0.913. The van der Waals surface area contributed by atoms with Gasteiger partial charge in [0.15, 0.2) is 0 Å². The molecule has 0 bridgehead atoms. The molecule has 1 aromatic rings. The standard InChI is InChI=1S/C14H17BrF3NO/c15-12-3-5-13(6-4-12)20-9-11-2-1-7-19(8-11)10-14(16,17)18/h3-6,11H,1-2,7-10H2/t11-/m0/s1. The van der Waals surface area contributed by atoms with Crippen LogP contribution in [0, 0.1) is 5.92 Å². The minimum absolute atomic E-state index is 0.162. The van der Waals surface area contributed by atoms with Crippen molar-refractivity contribution in [2.24, 2.45) is 5.92 Å². The van der Waals surface area contributed by atoms with Gasteiger partial charge in [-0.15, -0.1) is 0 Å². The van der Waals surface area contributed by atoms with Gasteiger partial charge in [-0.25, -0.2) is 0 Å². The number of likely N-dealkylation sites (tertiary alicyclic amines) is 1. The number of halogens is 4. The number of ether oxygens (including phenoxy) is 1. The van der Waals surface area contributed by atoms with Gasteiger partial charge >= 0.3 is 6.18 Å². The molecule has 1 aliphatic rings. The fraction of sp³-hybridized carbons (Fsp3) is 0.571. The third kappa shape index (κ3) is 5.32. The van der Waals surface area contributed by atoms with E-state index in [0.717, 1.165) is 23.1 Å². The molecule has 1 saturated heterocycles. The second kappa shape index (κ2) is 6.80. The number of hydrogen-bond acceptors (Lipinski definition) is 2. The monoisotopic (exact) mass is 351 g/mol. The number of hydrogen-bond donors (Lipinski definition) is 0. The second-order valence-electron chi connectivity index (χ2n) is 5.12. The van der Waals surface area contributed by atoms with Crippen molar-refractivity contribution in [1.82, 2.24) is 4.90 Å². The van der Waals surface area contributed by atoms with Gasteiger partial charge in [-0.05, 0) is 43.7 Å². The molecule has 20 heavy (non-hydrogen) atoms. The molecule has 1 heterocycles. The van der Waals surface area contributed by atoms with E-state index in [-0.39, 0.29) is 5.92 Å². The van der Waals surface area contributed by atoms with Crippen LogP contribution in [0.1, 0.15) is 12.8 Å². The van der Waals surface area contributed by atoms with Crippen molar-refractivity contribution in [2.75, 3.05) is 26.2 Å². The number of nitrogens with zero attached hydrogens (tertiary/aromatic N) is 1. The van der Waals surface area contributed by atoms with Crippen LogP contribution in [0.2, 0.25) is 0 Å². The van der Waals surface area contributed by atoms with E-state index >= 15 is 0 Å². The summed E-state index contributed by atoms with van der Waals surface area (Å²) in [6, 6.07) is 7.46. The first-order valence-corrected chi connectivity index (χ1v) is 7.39. The molecule has 0 spiro atoms. The van der Waals surface area contributed by atoms with Crippen LogP contribution in [-0.2, 0) is 0 Å². The molecule has 112 valence electrons. The highest BCUT2D eigenvalue weighted by Gasteiger charge is 2.33. The van der Waals surface area contributed by atoms with Gasteiger partial charge in [0.05, 0.1) is 13.2 Å². The van der Waals surface area contributed by atoms with Crippen molar-refractivity contribution < 1.29 is 17.9 Å². The fourth-order valence-electron chi connectivity index (χ4n) is 2.43. The molecule has 2 nitrogen and oxygen atoms in total. The molecule has 1 aliphatic heterocycles. The Morgan fingerprint density at radius 3 is 2.60 bits per heavy atom. The molecule has 0 N–H and O–H groups in total. The van der Waals surface area contributed by atoms with Crippen LogP contribution in [0.4, 0.5) is 13.2 Å². The van der Waals surface area contributed by atoms with E-state index in [1.54, 1.807) is 0 Å². The zero-order valence-electron chi connectivity index (χ0n) is 11.0. The maximum absolute atomic E-state index is 12.4. The van der Waals surface area contributed by atoms with Crippen LogP contribution >= 0.6 is 15.9 Å². The third-order valence-electron chi connectivity index (χ3n) is 3.31. The minimum atomic E-state index is -4.12. The summed E-state index contributed by atoms with van der Waals surface area (Å²) >= 11 is 3.34. The van der Waals surface area contributed by atoms with E-state index in [1.807, 2.05) is 24.3 Å². The fourth-order valence-corrected chi connectivity index (χ4v) is 2.69. The molecule has 1 atom stereocenters. The zero-order valence-corrected chi connectivity index (χ0v) is 12.6. The maximum atomic E-state index is 12.4. The Kier molecular flexibility index (Phi) is 5.32. The SMILES string of the molecule is FC(F)(F)CN1CCC[C@H](COc2ccc(Br)cc2)C1. The van der Waals surface area contributed by atoms with Crippen LogP contribution in [0.3, 0.4) is 0 Å². The Hall–Kier alpha value is -0.750. The Morgan fingerprint density at radius 2 is 1.95 bits per heavy atom. The molecular formula is C14H17BrF3NO. The van der Waals surface area contributed by atoms with Gasteiger partial charge in [0.25, 0.3) is 0 Å². The topological polar surface area (TPSA) is 12.5 Å². The minimum Gasteiger partial charge on any atom is -0.493 e. The second-order valence-corrected chi connectivity index (χ2v) is 6.04. The van der Waals surface area contributed by atoms with Crippen LogP contribution in [0.5, 0.6) is 5.75 Å². The summed E-state index contributed by atoms with van der Waals surface area (Å²) in [5.41, 5.74) is 0. The first kappa shape index (κ1) is 15.6.